The van der Waals surface area contributed by atoms with Gasteiger partial charge in [-0.2, -0.15) is 0 Å². The molecule has 9 nitrogen and oxygen atoms in total. The van der Waals surface area contributed by atoms with Crippen molar-refractivity contribution in [3.05, 3.63) is 24.3 Å². The van der Waals surface area contributed by atoms with Crippen LogP contribution in [0.4, 0.5) is 0 Å². The van der Waals surface area contributed by atoms with E-state index in [-0.39, 0.29) is 32.2 Å². The number of esters is 2. The Morgan fingerprint density at radius 2 is 0.818 bits per heavy atom. The lowest BCUT2D eigenvalue weighted by Gasteiger charge is -2.25. The van der Waals surface area contributed by atoms with E-state index in [0.717, 1.165) is 51.4 Å². The van der Waals surface area contributed by atoms with Gasteiger partial charge in [0.15, 0.2) is 6.10 Å². The second-order valence-electron chi connectivity index (χ2n) is 20.3. The highest BCUT2D eigenvalue weighted by Crippen LogP contribution is 2.17. The van der Waals surface area contributed by atoms with Gasteiger partial charge in [-0.1, -0.05) is 231 Å². The van der Waals surface area contributed by atoms with Gasteiger partial charge in [0, 0.05) is 12.8 Å². The minimum atomic E-state index is -1.51. The standard InChI is InChI=1S/C57H107NO8/c1-6-8-10-12-14-16-18-20-22-24-26-27-28-29-30-32-33-35-37-39-41-43-45-47-54(59)64-51-53(52-65-57(56(61)62)63-50-49-58(3,4)5)66-55(60)48-46-44-42-40-38-36-34-31-25-23-21-19-17-15-13-11-9-7-2/h17,19,23,25,53,57H,6-16,18,20-22,24,26-52H2,1-5H3/p+1/b19-17-,25-23-. The zero-order chi connectivity index (χ0) is 48.4. The number of ether oxygens (including phenoxy) is 4. The molecule has 0 saturated heterocycles. The molecule has 0 aromatic heterocycles. The number of carboxylic acid groups (broad SMARTS) is 1. The number of allylic oxidation sites excluding steroid dienone is 4. The lowest BCUT2D eigenvalue weighted by molar-refractivity contribution is -0.870. The van der Waals surface area contributed by atoms with E-state index >= 15 is 0 Å². The van der Waals surface area contributed by atoms with Crippen LogP contribution in [0.3, 0.4) is 0 Å². The van der Waals surface area contributed by atoms with Crippen molar-refractivity contribution in [1.82, 2.24) is 0 Å². The van der Waals surface area contributed by atoms with Crippen LogP contribution >= 0.6 is 0 Å². The lowest BCUT2D eigenvalue weighted by Crippen LogP contribution is -2.40. The minimum Gasteiger partial charge on any atom is -0.477 e. The predicted octanol–water partition coefficient (Wildman–Crippen LogP) is 16.0. The molecule has 66 heavy (non-hydrogen) atoms. The molecule has 0 amide bonds. The smallest absolute Gasteiger partial charge is 0.361 e. The van der Waals surface area contributed by atoms with Crippen molar-refractivity contribution >= 4 is 17.9 Å². The summed E-state index contributed by atoms with van der Waals surface area (Å²) in [6.07, 6.45) is 53.9. The van der Waals surface area contributed by atoms with Crippen molar-refractivity contribution in [3.63, 3.8) is 0 Å². The topological polar surface area (TPSA) is 108 Å². The quantitative estimate of drug-likeness (QED) is 0.0211. The van der Waals surface area contributed by atoms with Gasteiger partial charge in [0.05, 0.1) is 34.4 Å². The summed E-state index contributed by atoms with van der Waals surface area (Å²) in [6.45, 7) is 4.89. The zero-order valence-corrected chi connectivity index (χ0v) is 44.1. The molecule has 0 aliphatic heterocycles. The molecular weight excluding hydrogens is 827 g/mol. The Morgan fingerprint density at radius 1 is 0.455 bits per heavy atom. The Hall–Kier alpha value is -2.23. The third-order valence-electron chi connectivity index (χ3n) is 12.5. The van der Waals surface area contributed by atoms with Crippen molar-refractivity contribution in [2.24, 2.45) is 0 Å². The second kappa shape index (κ2) is 49.2. The molecule has 0 spiro atoms. The number of aliphatic carboxylic acids is 1. The summed E-state index contributed by atoms with van der Waals surface area (Å²) in [5.74, 6) is -2.00. The van der Waals surface area contributed by atoms with E-state index in [2.05, 4.69) is 38.2 Å². The molecule has 1 N–H and O–H groups in total. The maximum Gasteiger partial charge on any atom is 0.361 e. The maximum atomic E-state index is 12.8. The molecule has 9 heteroatoms. The highest BCUT2D eigenvalue weighted by atomic mass is 16.7. The van der Waals surface area contributed by atoms with Gasteiger partial charge < -0.3 is 28.5 Å². The summed E-state index contributed by atoms with van der Waals surface area (Å²) in [7, 11) is 5.97. The van der Waals surface area contributed by atoms with Gasteiger partial charge in [0.2, 0.25) is 0 Å². The van der Waals surface area contributed by atoms with Crippen LogP contribution in [0, 0.1) is 0 Å². The molecule has 2 atom stereocenters. The van der Waals surface area contributed by atoms with Crippen LogP contribution in [0.2, 0.25) is 0 Å². The van der Waals surface area contributed by atoms with Crippen LogP contribution in [0.5, 0.6) is 0 Å². The Balaban J connectivity index is 4.24. The number of quaternary nitrogens is 1. The fourth-order valence-corrected chi connectivity index (χ4v) is 8.10. The summed E-state index contributed by atoms with van der Waals surface area (Å²) in [5.41, 5.74) is 0. The number of rotatable bonds is 52. The first-order chi connectivity index (χ1) is 32.1. The van der Waals surface area contributed by atoms with E-state index < -0.39 is 24.3 Å². The van der Waals surface area contributed by atoms with E-state index in [1.54, 1.807) is 0 Å². The van der Waals surface area contributed by atoms with Gasteiger partial charge >= 0.3 is 17.9 Å². The molecule has 2 unspecified atom stereocenters. The highest BCUT2D eigenvalue weighted by molar-refractivity contribution is 5.71. The molecule has 0 bridgehead atoms. The monoisotopic (exact) mass is 935 g/mol. The molecule has 0 heterocycles. The molecule has 0 rings (SSSR count). The normalized spacial score (nSPS) is 12.9. The molecule has 0 aromatic carbocycles. The largest absolute Gasteiger partial charge is 0.477 e. The average Bonchev–Trinajstić information content (AvgIpc) is 3.28. The Morgan fingerprint density at radius 3 is 1.21 bits per heavy atom. The van der Waals surface area contributed by atoms with E-state index in [9.17, 15) is 19.5 Å². The number of likely N-dealkylation sites (N-methyl/N-ethyl adjacent to an activating group) is 1. The van der Waals surface area contributed by atoms with Crippen LogP contribution in [0.1, 0.15) is 264 Å². The summed E-state index contributed by atoms with van der Waals surface area (Å²) < 4.78 is 22.9. The van der Waals surface area contributed by atoms with Crippen molar-refractivity contribution in [2.45, 2.75) is 277 Å². The molecular formula is C57H108NO8+. The number of carbonyl (C=O) groups excluding carboxylic acids is 2. The molecule has 0 aromatic rings. The first-order valence-corrected chi connectivity index (χ1v) is 28.0. The SMILES string of the molecule is CCCCCC/C=C\C/C=C\CCCCCCCCCC(=O)OC(COC(=O)CCCCCCCCCCCCCCCCCCCCCCCCC)COC(OCC[N+](C)(C)C)C(=O)O. The highest BCUT2D eigenvalue weighted by Gasteiger charge is 2.25. The summed E-state index contributed by atoms with van der Waals surface area (Å²) in [4.78, 5) is 37.4. The van der Waals surface area contributed by atoms with Crippen LogP contribution in [0.15, 0.2) is 24.3 Å². The van der Waals surface area contributed by atoms with Crippen LogP contribution < -0.4 is 0 Å². The number of unbranched alkanes of at least 4 members (excludes halogenated alkanes) is 33. The first kappa shape index (κ1) is 63.8. The third-order valence-corrected chi connectivity index (χ3v) is 12.5. The molecule has 388 valence electrons. The van der Waals surface area contributed by atoms with Gasteiger partial charge in [0.1, 0.15) is 13.2 Å². The van der Waals surface area contributed by atoms with E-state index in [4.69, 9.17) is 18.9 Å². The Kier molecular flexibility index (Phi) is 47.5. The van der Waals surface area contributed by atoms with Crippen molar-refractivity contribution in [3.8, 4) is 0 Å². The number of hydrogen-bond donors (Lipinski definition) is 1. The number of carbonyl (C=O) groups is 3. The lowest BCUT2D eigenvalue weighted by atomic mass is 10.0. The van der Waals surface area contributed by atoms with Gasteiger partial charge in [-0.05, 0) is 44.9 Å². The second-order valence-corrected chi connectivity index (χ2v) is 20.3. The molecule has 0 saturated carbocycles. The summed E-state index contributed by atoms with van der Waals surface area (Å²) in [5, 5.41) is 9.69. The van der Waals surface area contributed by atoms with Gasteiger partial charge in [-0.25, -0.2) is 4.79 Å². The number of carboxylic acids is 1. The number of nitrogens with zero attached hydrogens (tertiary/aromatic N) is 1. The van der Waals surface area contributed by atoms with Crippen LogP contribution in [0.25, 0.3) is 0 Å². The molecule has 0 radical (unpaired) electrons. The van der Waals surface area contributed by atoms with Gasteiger partial charge in [-0.3, -0.25) is 9.59 Å². The zero-order valence-electron chi connectivity index (χ0n) is 44.1. The third kappa shape index (κ3) is 49.7. The first-order valence-electron chi connectivity index (χ1n) is 28.0. The Labute approximate surface area is 407 Å². The predicted molar refractivity (Wildman–Crippen MR) is 277 cm³/mol. The van der Waals surface area contributed by atoms with Crippen LogP contribution in [-0.4, -0.2) is 87.4 Å². The van der Waals surface area contributed by atoms with Crippen LogP contribution in [-0.2, 0) is 33.3 Å². The summed E-state index contributed by atoms with van der Waals surface area (Å²) in [6, 6.07) is 0. The maximum absolute atomic E-state index is 12.8. The fourth-order valence-electron chi connectivity index (χ4n) is 8.10. The van der Waals surface area contributed by atoms with E-state index in [1.807, 2.05) is 21.1 Å². The van der Waals surface area contributed by atoms with E-state index in [1.165, 1.54) is 180 Å². The van der Waals surface area contributed by atoms with Gasteiger partial charge in [-0.15, -0.1) is 0 Å². The number of hydrogen-bond acceptors (Lipinski definition) is 7. The van der Waals surface area contributed by atoms with E-state index in [0.29, 0.717) is 23.9 Å². The molecule has 0 aliphatic carbocycles. The van der Waals surface area contributed by atoms with Gasteiger partial charge in [0.25, 0.3) is 6.29 Å². The van der Waals surface area contributed by atoms with Crippen molar-refractivity contribution < 1.29 is 42.9 Å². The fraction of sp³-hybridized carbons (Fsp3) is 0.877. The Bertz CT molecular complexity index is 1130. The minimum absolute atomic E-state index is 0.180. The average molecular weight is 935 g/mol. The molecule has 0 fully saturated rings. The summed E-state index contributed by atoms with van der Waals surface area (Å²) >= 11 is 0. The van der Waals surface area contributed by atoms with Crippen molar-refractivity contribution in [2.75, 3.05) is 47.5 Å². The van der Waals surface area contributed by atoms with Crippen molar-refractivity contribution in [1.29, 1.82) is 0 Å². The molecule has 0 aliphatic rings.